The van der Waals surface area contributed by atoms with E-state index in [1.807, 2.05) is 35.9 Å². The predicted molar refractivity (Wildman–Crippen MR) is 94.1 cm³/mol. The van der Waals surface area contributed by atoms with Crippen LogP contribution in [-0.2, 0) is 17.6 Å². The fourth-order valence-electron chi connectivity index (χ4n) is 3.34. The molecule has 0 saturated heterocycles. The van der Waals surface area contributed by atoms with Gasteiger partial charge < -0.3 is 10.4 Å². The number of nitrogens with one attached hydrogen (secondary N) is 1. The molecule has 132 valence electrons. The fourth-order valence-corrected chi connectivity index (χ4v) is 3.34. The lowest BCUT2D eigenvalue weighted by atomic mass is 10.0. The van der Waals surface area contributed by atoms with Crippen molar-refractivity contribution in [1.82, 2.24) is 15.1 Å². The summed E-state index contributed by atoms with van der Waals surface area (Å²) in [7, 11) is 0. The zero-order chi connectivity index (χ0) is 18.1. The number of carbonyl (C=O) groups excluding carboxylic acids is 1. The van der Waals surface area contributed by atoms with E-state index in [1.54, 1.807) is 13.8 Å². The highest BCUT2D eigenvalue weighted by Crippen LogP contribution is 2.29. The smallest absolute Gasteiger partial charge is 0.326 e. The lowest BCUT2D eigenvalue weighted by Gasteiger charge is -2.17. The number of para-hydroxylation sites is 1. The molecule has 1 atom stereocenters. The molecule has 1 aliphatic carbocycles. The summed E-state index contributed by atoms with van der Waals surface area (Å²) < 4.78 is 1.84. The molecule has 0 aliphatic heterocycles. The normalized spacial score (nSPS) is 14.4. The van der Waals surface area contributed by atoms with Crippen molar-refractivity contribution in [3.05, 3.63) is 46.8 Å². The van der Waals surface area contributed by atoms with Crippen molar-refractivity contribution in [2.45, 2.75) is 46.1 Å². The predicted octanol–water partition coefficient (Wildman–Crippen LogP) is 2.51. The van der Waals surface area contributed by atoms with Gasteiger partial charge in [-0.05, 0) is 43.7 Å². The third-order valence-corrected chi connectivity index (χ3v) is 4.71. The van der Waals surface area contributed by atoms with Gasteiger partial charge in [-0.15, -0.1) is 0 Å². The molecule has 2 aromatic rings. The van der Waals surface area contributed by atoms with E-state index >= 15 is 0 Å². The van der Waals surface area contributed by atoms with Gasteiger partial charge in [-0.1, -0.05) is 32.0 Å². The molecular weight excluding hydrogens is 318 g/mol. The SMILES string of the molecule is Cc1ccccc1-n1nc(C(=O)N[C@H](C(=O)O)C(C)C)c2c1CCC2. The molecule has 1 aliphatic rings. The lowest BCUT2D eigenvalue weighted by molar-refractivity contribution is -0.140. The van der Waals surface area contributed by atoms with Crippen molar-refractivity contribution in [1.29, 1.82) is 0 Å². The fraction of sp³-hybridized carbons (Fsp3) is 0.421. The summed E-state index contributed by atoms with van der Waals surface area (Å²) >= 11 is 0. The number of carbonyl (C=O) groups is 2. The Morgan fingerprint density at radius 2 is 1.96 bits per heavy atom. The third-order valence-electron chi connectivity index (χ3n) is 4.71. The number of aryl methyl sites for hydroxylation is 1. The molecule has 0 saturated carbocycles. The maximum Gasteiger partial charge on any atom is 0.326 e. The summed E-state index contributed by atoms with van der Waals surface area (Å²) in [5.74, 6) is -1.64. The van der Waals surface area contributed by atoms with Gasteiger partial charge in [0.2, 0.25) is 0 Å². The first-order valence-electron chi connectivity index (χ1n) is 8.60. The number of rotatable bonds is 5. The number of hydrogen-bond donors (Lipinski definition) is 2. The van der Waals surface area contributed by atoms with Crippen LogP contribution in [0.4, 0.5) is 0 Å². The Bertz CT molecular complexity index is 823. The number of hydrogen-bond acceptors (Lipinski definition) is 3. The molecule has 0 unspecified atom stereocenters. The number of benzene rings is 1. The summed E-state index contributed by atoms with van der Waals surface area (Å²) in [6.07, 6.45) is 2.64. The second-order valence-corrected chi connectivity index (χ2v) is 6.86. The molecule has 1 aromatic carbocycles. The van der Waals surface area contributed by atoms with Crippen LogP contribution in [0.15, 0.2) is 24.3 Å². The molecule has 0 radical (unpaired) electrons. The minimum Gasteiger partial charge on any atom is -0.480 e. The number of aliphatic carboxylic acids is 1. The van der Waals surface area contributed by atoms with Crippen LogP contribution in [0, 0.1) is 12.8 Å². The Morgan fingerprint density at radius 3 is 2.60 bits per heavy atom. The van der Waals surface area contributed by atoms with Crippen molar-refractivity contribution in [3.63, 3.8) is 0 Å². The van der Waals surface area contributed by atoms with Gasteiger partial charge in [-0.25, -0.2) is 9.48 Å². The van der Waals surface area contributed by atoms with Gasteiger partial charge in [-0.3, -0.25) is 4.79 Å². The highest BCUT2D eigenvalue weighted by molar-refractivity contribution is 5.96. The number of carboxylic acids is 1. The number of amides is 1. The summed E-state index contributed by atoms with van der Waals surface area (Å²) in [6.45, 7) is 5.56. The van der Waals surface area contributed by atoms with Gasteiger partial charge in [0, 0.05) is 11.3 Å². The molecule has 0 bridgehead atoms. The molecule has 2 N–H and O–H groups in total. The standard InChI is InChI=1S/C19H23N3O3/c1-11(2)16(19(24)25)20-18(23)17-13-8-6-10-15(13)22(21-17)14-9-5-4-7-12(14)3/h4-5,7,9,11,16H,6,8,10H2,1-3H3,(H,20,23)(H,24,25)/t16-/m0/s1. The van der Waals surface area contributed by atoms with Gasteiger partial charge in [0.1, 0.15) is 6.04 Å². The Morgan fingerprint density at radius 1 is 1.24 bits per heavy atom. The zero-order valence-corrected chi connectivity index (χ0v) is 14.7. The van der Waals surface area contributed by atoms with Crippen molar-refractivity contribution >= 4 is 11.9 Å². The second-order valence-electron chi connectivity index (χ2n) is 6.86. The minimum absolute atomic E-state index is 0.201. The molecule has 0 spiro atoms. The Balaban J connectivity index is 1.99. The van der Waals surface area contributed by atoms with Crippen LogP contribution in [0.2, 0.25) is 0 Å². The Labute approximate surface area is 146 Å². The van der Waals surface area contributed by atoms with Crippen LogP contribution in [0.5, 0.6) is 0 Å². The summed E-state index contributed by atoms with van der Waals surface area (Å²) in [5.41, 5.74) is 4.38. The van der Waals surface area contributed by atoms with Crippen molar-refractivity contribution in [2.75, 3.05) is 0 Å². The minimum atomic E-state index is -1.03. The topological polar surface area (TPSA) is 84.2 Å². The Hall–Kier alpha value is -2.63. The van der Waals surface area contributed by atoms with Gasteiger partial charge >= 0.3 is 5.97 Å². The summed E-state index contributed by atoms with van der Waals surface area (Å²) in [5, 5.41) is 16.5. The van der Waals surface area contributed by atoms with Crippen molar-refractivity contribution in [3.8, 4) is 5.69 Å². The Kier molecular flexibility index (Phi) is 4.61. The van der Waals surface area contributed by atoms with Crippen molar-refractivity contribution in [2.24, 2.45) is 5.92 Å². The van der Waals surface area contributed by atoms with E-state index in [0.717, 1.165) is 41.8 Å². The average Bonchev–Trinajstić information content (AvgIpc) is 3.14. The van der Waals surface area contributed by atoms with Crippen molar-refractivity contribution < 1.29 is 14.7 Å². The molecule has 1 heterocycles. The first-order chi connectivity index (χ1) is 11.9. The molecule has 25 heavy (non-hydrogen) atoms. The van der Waals surface area contributed by atoms with Crippen LogP contribution in [0.1, 0.15) is 47.6 Å². The average molecular weight is 341 g/mol. The first-order valence-corrected chi connectivity index (χ1v) is 8.60. The zero-order valence-electron chi connectivity index (χ0n) is 14.7. The highest BCUT2D eigenvalue weighted by atomic mass is 16.4. The number of carboxylic acid groups (broad SMARTS) is 1. The van der Waals surface area contributed by atoms with E-state index < -0.39 is 17.9 Å². The van der Waals surface area contributed by atoms with Gasteiger partial charge in [0.15, 0.2) is 5.69 Å². The van der Waals surface area contributed by atoms with E-state index in [-0.39, 0.29) is 5.92 Å². The summed E-state index contributed by atoms with van der Waals surface area (Å²) in [4.78, 5) is 24.1. The van der Waals surface area contributed by atoms with Gasteiger partial charge in [0.25, 0.3) is 5.91 Å². The number of fused-ring (bicyclic) bond motifs is 1. The van der Waals surface area contributed by atoms with Crippen LogP contribution in [0.3, 0.4) is 0 Å². The largest absolute Gasteiger partial charge is 0.480 e. The maximum absolute atomic E-state index is 12.7. The van der Waals surface area contributed by atoms with Gasteiger partial charge in [0.05, 0.1) is 5.69 Å². The third kappa shape index (κ3) is 3.16. The highest BCUT2D eigenvalue weighted by Gasteiger charge is 2.30. The van der Waals surface area contributed by atoms with Gasteiger partial charge in [-0.2, -0.15) is 5.10 Å². The molecule has 1 amide bonds. The lowest BCUT2D eigenvalue weighted by Crippen LogP contribution is -2.44. The van der Waals surface area contributed by atoms with Crippen LogP contribution < -0.4 is 5.32 Å². The molecule has 6 nitrogen and oxygen atoms in total. The molecule has 0 fully saturated rings. The van der Waals surface area contributed by atoms with Crippen LogP contribution in [-0.4, -0.2) is 32.8 Å². The molecular formula is C19H23N3O3. The van der Waals surface area contributed by atoms with E-state index in [2.05, 4.69) is 10.4 Å². The van der Waals surface area contributed by atoms with E-state index in [1.165, 1.54) is 0 Å². The van der Waals surface area contributed by atoms with E-state index in [9.17, 15) is 14.7 Å². The number of aromatic nitrogens is 2. The van der Waals surface area contributed by atoms with Crippen LogP contribution >= 0.6 is 0 Å². The van der Waals surface area contributed by atoms with E-state index in [4.69, 9.17) is 0 Å². The quantitative estimate of drug-likeness (QED) is 0.875. The summed E-state index contributed by atoms with van der Waals surface area (Å²) in [6, 6.07) is 6.99. The van der Waals surface area contributed by atoms with Crippen LogP contribution in [0.25, 0.3) is 5.69 Å². The maximum atomic E-state index is 12.7. The first kappa shape index (κ1) is 17.2. The van der Waals surface area contributed by atoms with E-state index in [0.29, 0.717) is 5.69 Å². The number of nitrogens with zero attached hydrogens (tertiary/aromatic N) is 2. The molecule has 3 rings (SSSR count). The monoisotopic (exact) mass is 341 g/mol. The molecule has 1 aromatic heterocycles. The second kappa shape index (κ2) is 6.70. The molecule has 6 heteroatoms.